The number of rotatable bonds is 3. The number of hydrogen-bond acceptors (Lipinski definition) is 4. The number of fused-ring (bicyclic) bond motifs is 1. The normalized spacial score (nSPS) is 18.4. The minimum Gasteiger partial charge on any atom is -0.444 e. The summed E-state index contributed by atoms with van der Waals surface area (Å²) < 4.78 is 32.6. The number of nitrogens with zero attached hydrogens (tertiary/aromatic N) is 2. The number of sulfonamides is 1. The second kappa shape index (κ2) is 7.83. The number of amides is 1. The number of carbonyl (C=O) groups excluding carboxylic acids is 1. The second-order valence-corrected chi connectivity index (χ2v) is 9.77. The first-order chi connectivity index (χ1) is 13.8. The van der Waals surface area contributed by atoms with Crippen molar-refractivity contribution in [2.75, 3.05) is 18.0 Å². The van der Waals surface area contributed by atoms with Crippen molar-refractivity contribution in [1.29, 1.82) is 0 Å². The Morgan fingerprint density at radius 1 is 1.07 bits per heavy atom. The molecular weight excluding hydrogens is 434 g/mol. The van der Waals surface area contributed by atoms with Crippen molar-refractivity contribution in [1.82, 2.24) is 4.31 Å². The Kier molecular flexibility index (Phi) is 5.55. The molecule has 2 heterocycles. The molecule has 6 nitrogen and oxygen atoms in total. The molecule has 1 saturated heterocycles. The summed E-state index contributed by atoms with van der Waals surface area (Å²) in [7, 11) is 2.08. The summed E-state index contributed by atoms with van der Waals surface area (Å²) in [5.74, 6) is 0. The van der Waals surface area contributed by atoms with Crippen molar-refractivity contribution in [3.8, 4) is 0 Å². The van der Waals surface area contributed by atoms with Crippen molar-refractivity contribution in [3.05, 3.63) is 52.0 Å². The van der Waals surface area contributed by atoms with Crippen LogP contribution in [0.15, 0.2) is 41.3 Å². The summed E-state index contributed by atoms with van der Waals surface area (Å²) in [6.07, 6.45) is 0.525. The molecule has 0 unspecified atom stereocenters. The lowest BCUT2D eigenvalue weighted by Gasteiger charge is -2.40. The number of ether oxygens (including phenoxy) is 1. The summed E-state index contributed by atoms with van der Waals surface area (Å²) in [6.45, 7) is 0.706. The van der Waals surface area contributed by atoms with E-state index in [-0.39, 0.29) is 35.7 Å². The molecule has 2 aromatic carbocycles. The number of halogens is 2. The fourth-order valence-corrected chi connectivity index (χ4v) is 5.99. The first-order valence-corrected chi connectivity index (χ1v) is 11.3. The van der Waals surface area contributed by atoms with Crippen molar-refractivity contribution in [2.24, 2.45) is 0 Å². The van der Waals surface area contributed by atoms with Gasteiger partial charge in [-0.2, -0.15) is 4.31 Å². The zero-order valence-electron chi connectivity index (χ0n) is 15.3. The standard InChI is InChI=1S/C19H17BCl2N2O4S/c20-13-1-3-17-12(9-13)11-28-19(25)24(17)15-5-7-23(8-6-15)29(26,27)18-4-2-14(21)10-16(18)22/h1-4,9-10,15H,5-8,11H2. The number of hydrogen-bond donors (Lipinski definition) is 0. The van der Waals surface area contributed by atoms with Gasteiger partial charge in [-0.3, -0.25) is 4.90 Å². The van der Waals surface area contributed by atoms with E-state index in [9.17, 15) is 13.2 Å². The highest BCUT2D eigenvalue weighted by Gasteiger charge is 2.37. The third-order valence-electron chi connectivity index (χ3n) is 5.21. The average Bonchev–Trinajstić information content (AvgIpc) is 2.68. The number of carbonyl (C=O) groups is 1. The minimum absolute atomic E-state index is 0.0280. The molecule has 10 heteroatoms. The third-order valence-corrected chi connectivity index (χ3v) is 7.83. The lowest BCUT2D eigenvalue weighted by atomic mass is 9.92. The maximum Gasteiger partial charge on any atom is 0.414 e. The summed E-state index contributed by atoms with van der Waals surface area (Å²) >= 11 is 12.0. The Bertz CT molecular complexity index is 1070. The van der Waals surface area contributed by atoms with E-state index in [1.807, 2.05) is 6.07 Å². The molecule has 0 N–H and O–H groups in total. The minimum atomic E-state index is -3.75. The van der Waals surface area contributed by atoms with Gasteiger partial charge in [0.1, 0.15) is 19.3 Å². The van der Waals surface area contributed by atoms with Crippen molar-refractivity contribution < 1.29 is 17.9 Å². The fraction of sp³-hybridized carbons (Fsp3) is 0.316. The first kappa shape index (κ1) is 20.5. The molecule has 2 aliphatic rings. The molecule has 2 radical (unpaired) electrons. The van der Waals surface area contributed by atoms with Gasteiger partial charge in [0.25, 0.3) is 0 Å². The molecule has 0 atom stereocenters. The molecule has 0 bridgehead atoms. The topological polar surface area (TPSA) is 66.9 Å². The number of piperidine rings is 1. The van der Waals surface area contributed by atoms with E-state index in [0.717, 1.165) is 11.3 Å². The maximum atomic E-state index is 13.0. The lowest BCUT2D eigenvalue weighted by Crippen LogP contribution is -2.50. The highest BCUT2D eigenvalue weighted by Crippen LogP contribution is 2.33. The number of cyclic esters (lactones) is 1. The van der Waals surface area contributed by atoms with E-state index in [1.54, 1.807) is 17.0 Å². The lowest BCUT2D eigenvalue weighted by molar-refractivity contribution is 0.136. The number of benzene rings is 2. The van der Waals surface area contributed by atoms with E-state index >= 15 is 0 Å². The van der Waals surface area contributed by atoms with Gasteiger partial charge in [0, 0.05) is 29.7 Å². The van der Waals surface area contributed by atoms with Gasteiger partial charge >= 0.3 is 6.09 Å². The monoisotopic (exact) mass is 450 g/mol. The predicted molar refractivity (Wildman–Crippen MR) is 113 cm³/mol. The molecule has 4 rings (SSSR count). The van der Waals surface area contributed by atoms with Crippen LogP contribution in [-0.2, 0) is 21.4 Å². The van der Waals surface area contributed by atoms with Crippen LogP contribution < -0.4 is 10.4 Å². The average molecular weight is 451 g/mol. The van der Waals surface area contributed by atoms with Crippen LogP contribution in [0.2, 0.25) is 10.0 Å². The van der Waals surface area contributed by atoms with Gasteiger partial charge in [-0.05, 0) is 37.1 Å². The first-order valence-electron chi connectivity index (χ1n) is 9.07. The van der Waals surface area contributed by atoms with Crippen LogP contribution in [0, 0.1) is 0 Å². The van der Waals surface area contributed by atoms with Gasteiger partial charge < -0.3 is 4.74 Å². The Balaban J connectivity index is 1.53. The van der Waals surface area contributed by atoms with Crippen LogP contribution in [0.1, 0.15) is 18.4 Å². The van der Waals surface area contributed by atoms with E-state index in [4.69, 9.17) is 35.8 Å². The molecule has 1 amide bonds. The fourth-order valence-electron chi connectivity index (χ4n) is 3.77. The van der Waals surface area contributed by atoms with Gasteiger partial charge in [-0.25, -0.2) is 13.2 Å². The summed E-state index contributed by atoms with van der Waals surface area (Å²) in [5.41, 5.74) is 2.20. The molecule has 0 aromatic heterocycles. The Morgan fingerprint density at radius 2 is 1.79 bits per heavy atom. The summed E-state index contributed by atoms with van der Waals surface area (Å²) in [6, 6.07) is 9.49. The van der Waals surface area contributed by atoms with E-state index in [0.29, 0.717) is 23.3 Å². The Hall–Kier alpha value is -1.74. The van der Waals surface area contributed by atoms with Crippen LogP contribution in [0.5, 0.6) is 0 Å². The molecular formula is C19H17BCl2N2O4S. The molecule has 2 aromatic rings. The van der Waals surface area contributed by atoms with Crippen molar-refractivity contribution >= 4 is 58.3 Å². The van der Waals surface area contributed by atoms with Crippen LogP contribution in [0.25, 0.3) is 0 Å². The highest BCUT2D eigenvalue weighted by atomic mass is 35.5. The van der Waals surface area contributed by atoms with Gasteiger partial charge in [0.2, 0.25) is 10.0 Å². The Morgan fingerprint density at radius 3 is 2.48 bits per heavy atom. The molecule has 0 saturated carbocycles. The zero-order valence-corrected chi connectivity index (χ0v) is 17.7. The molecule has 150 valence electrons. The molecule has 1 fully saturated rings. The van der Waals surface area contributed by atoms with E-state index in [2.05, 4.69) is 0 Å². The van der Waals surface area contributed by atoms with Crippen LogP contribution >= 0.6 is 23.2 Å². The quantitative estimate of drug-likeness (QED) is 0.674. The highest BCUT2D eigenvalue weighted by molar-refractivity contribution is 7.89. The van der Waals surface area contributed by atoms with Crippen LogP contribution in [0.3, 0.4) is 0 Å². The molecule has 29 heavy (non-hydrogen) atoms. The van der Waals surface area contributed by atoms with Gasteiger partial charge in [0.15, 0.2) is 0 Å². The zero-order chi connectivity index (χ0) is 20.8. The molecule has 0 aliphatic carbocycles. The van der Waals surface area contributed by atoms with Gasteiger partial charge in [-0.15, -0.1) is 0 Å². The smallest absolute Gasteiger partial charge is 0.414 e. The Labute approximate surface area is 180 Å². The molecule has 0 spiro atoms. The van der Waals surface area contributed by atoms with E-state index in [1.165, 1.54) is 22.5 Å². The second-order valence-electron chi connectivity index (χ2n) is 7.02. The number of anilines is 1. The third kappa shape index (κ3) is 3.86. The summed E-state index contributed by atoms with van der Waals surface area (Å²) in [4.78, 5) is 14.1. The summed E-state index contributed by atoms with van der Waals surface area (Å²) in [5, 5.41) is 0.460. The predicted octanol–water partition coefficient (Wildman–Crippen LogP) is 3.10. The maximum absolute atomic E-state index is 13.0. The van der Waals surface area contributed by atoms with Crippen molar-refractivity contribution in [2.45, 2.75) is 30.4 Å². The molecule has 2 aliphatic heterocycles. The van der Waals surface area contributed by atoms with Crippen LogP contribution in [-0.4, -0.2) is 45.8 Å². The van der Waals surface area contributed by atoms with Crippen molar-refractivity contribution in [3.63, 3.8) is 0 Å². The van der Waals surface area contributed by atoms with E-state index < -0.39 is 16.1 Å². The van der Waals surface area contributed by atoms with Gasteiger partial charge in [0.05, 0.1) is 10.7 Å². The van der Waals surface area contributed by atoms with Gasteiger partial charge in [-0.1, -0.05) is 40.8 Å². The SMILES string of the molecule is [B]c1ccc2c(c1)COC(=O)N2C1CCN(S(=O)(=O)c2ccc(Cl)cc2Cl)CC1. The largest absolute Gasteiger partial charge is 0.444 e. The van der Waals surface area contributed by atoms with Crippen LogP contribution in [0.4, 0.5) is 10.5 Å².